The van der Waals surface area contributed by atoms with Crippen LogP contribution in [0.3, 0.4) is 0 Å². The number of rotatable bonds is 7. The van der Waals surface area contributed by atoms with E-state index in [2.05, 4.69) is 10.3 Å². The number of aryl methyl sites for hydroxylation is 1. The fourth-order valence-electron chi connectivity index (χ4n) is 2.77. The molecule has 0 aliphatic carbocycles. The number of carbonyl (C=O) groups is 1. The van der Waals surface area contributed by atoms with Crippen LogP contribution in [0, 0.1) is 6.92 Å². The Labute approximate surface area is 160 Å². The molecule has 3 aromatic rings. The van der Waals surface area contributed by atoms with E-state index >= 15 is 0 Å². The average Bonchev–Trinajstić information content (AvgIpc) is 2.70. The Balaban J connectivity index is 1.59. The number of anilines is 1. The third-order valence-electron chi connectivity index (χ3n) is 4.34. The zero-order valence-corrected chi connectivity index (χ0v) is 15.7. The maximum absolute atomic E-state index is 12.5. The van der Waals surface area contributed by atoms with E-state index in [0.717, 1.165) is 17.7 Å². The van der Waals surface area contributed by atoms with Crippen molar-refractivity contribution in [2.24, 2.45) is 0 Å². The molecule has 1 aromatic heterocycles. The molecular weight excluding hydrogens is 336 g/mol. The highest BCUT2D eigenvalue weighted by Crippen LogP contribution is 2.17. The topological polar surface area (TPSA) is 51.2 Å². The van der Waals surface area contributed by atoms with Gasteiger partial charge in [0.2, 0.25) is 0 Å². The molecule has 0 aliphatic rings. The van der Waals surface area contributed by atoms with Crippen LogP contribution in [0.25, 0.3) is 0 Å². The number of hydrogen-bond acceptors (Lipinski definition) is 3. The normalized spacial score (nSPS) is 11.6. The van der Waals surface area contributed by atoms with Crippen LogP contribution in [0.15, 0.2) is 73.1 Å². The first-order valence-electron chi connectivity index (χ1n) is 9.16. The first-order chi connectivity index (χ1) is 13.1. The molecule has 0 radical (unpaired) electrons. The third-order valence-corrected chi connectivity index (χ3v) is 4.34. The van der Waals surface area contributed by atoms with Gasteiger partial charge < -0.3 is 10.1 Å². The van der Waals surface area contributed by atoms with E-state index < -0.39 is 6.10 Å². The molecule has 1 N–H and O–H groups in total. The summed E-state index contributed by atoms with van der Waals surface area (Å²) in [5.74, 6) is 0.565. The molecule has 0 saturated heterocycles. The first-order valence-corrected chi connectivity index (χ1v) is 9.16. The summed E-state index contributed by atoms with van der Waals surface area (Å²) in [5.41, 5.74) is 4.32. The summed E-state index contributed by atoms with van der Waals surface area (Å²) in [4.78, 5) is 16.6. The smallest absolute Gasteiger partial charge is 0.265 e. The molecule has 138 valence electrons. The molecule has 4 nitrogen and oxygen atoms in total. The van der Waals surface area contributed by atoms with Gasteiger partial charge in [0, 0.05) is 18.1 Å². The summed E-state index contributed by atoms with van der Waals surface area (Å²) < 4.78 is 5.84. The van der Waals surface area contributed by atoms with Crippen molar-refractivity contribution < 1.29 is 9.53 Å². The lowest BCUT2D eigenvalue weighted by atomic mass is 10.1. The first kappa shape index (κ1) is 18.6. The van der Waals surface area contributed by atoms with Crippen LogP contribution < -0.4 is 10.1 Å². The molecule has 27 heavy (non-hydrogen) atoms. The summed E-state index contributed by atoms with van der Waals surface area (Å²) >= 11 is 0. The van der Waals surface area contributed by atoms with Crippen LogP contribution in [-0.4, -0.2) is 17.0 Å². The number of benzene rings is 2. The molecule has 0 bridgehead atoms. The van der Waals surface area contributed by atoms with Gasteiger partial charge in [0.05, 0.1) is 0 Å². The van der Waals surface area contributed by atoms with E-state index in [1.165, 1.54) is 11.1 Å². The van der Waals surface area contributed by atoms with E-state index in [1.807, 2.05) is 74.5 Å². The van der Waals surface area contributed by atoms with Crippen molar-refractivity contribution in [1.82, 2.24) is 4.98 Å². The van der Waals surface area contributed by atoms with E-state index in [-0.39, 0.29) is 5.91 Å². The Morgan fingerprint density at radius 1 is 0.963 bits per heavy atom. The maximum Gasteiger partial charge on any atom is 0.265 e. The van der Waals surface area contributed by atoms with Crippen molar-refractivity contribution >= 4 is 11.6 Å². The molecule has 0 saturated carbocycles. The Morgan fingerprint density at radius 3 is 2.22 bits per heavy atom. The van der Waals surface area contributed by atoms with Crippen molar-refractivity contribution in [1.29, 1.82) is 0 Å². The number of carbonyl (C=O) groups excluding carboxylic acids is 1. The molecule has 4 heteroatoms. The van der Waals surface area contributed by atoms with Crippen molar-refractivity contribution in [3.63, 3.8) is 0 Å². The molecule has 0 fully saturated rings. The third kappa shape index (κ3) is 5.42. The van der Waals surface area contributed by atoms with Gasteiger partial charge in [-0.15, -0.1) is 0 Å². The van der Waals surface area contributed by atoms with Gasteiger partial charge in [-0.25, -0.2) is 0 Å². The summed E-state index contributed by atoms with van der Waals surface area (Å²) in [6.45, 7) is 3.96. The molecule has 1 heterocycles. The number of ether oxygens (including phenoxy) is 1. The van der Waals surface area contributed by atoms with Gasteiger partial charge in [0.25, 0.3) is 5.91 Å². The van der Waals surface area contributed by atoms with Gasteiger partial charge in [0.15, 0.2) is 6.10 Å². The standard InChI is InChI=1S/C23H24N2O2/c1-3-22(27-21-10-4-17(2)5-11-21)23(26)25-20-8-6-18(7-9-20)16-19-12-14-24-15-13-19/h4-15,22H,3,16H2,1-2H3,(H,25,26)/t22-/m1/s1. The van der Waals surface area contributed by atoms with Crippen molar-refractivity contribution in [3.8, 4) is 5.75 Å². The second kappa shape index (κ2) is 8.99. The van der Waals surface area contributed by atoms with Crippen LogP contribution in [-0.2, 0) is 11.2 Å². The van der Waals surface area contributed by atoms with Crippen LogP contribution in [0.4, 0.5) is 5.69 Å². The fourth-order valence-corrected chi connectivity index (χ4v) is 2.77. The van der Waals surface area contributed by atoms with Gasteiger partial charge in [-0.3, -0.25) is 9.78 Å². The lowest BCUT2D eigenvalue weighted by molar-refractivity contribution is -0.122. The second-order valence-corrected chi connectivity index (χ2v) is 6.55. The molecule has 0 spiro atoms. The van der Waals surface area contributed by atoms with E-state index in [9.17, 15) is 4.79 Å². The Morgan fingerprint density at radius 2 is 1.59 bits per heavy atom. The quantitative estimate of drug-likeness (QED) is 0.660. The minimum Gasteiger partial charge on any atom is -0.481 e. The van der Waals surface area contributed by atoms with E-state index in [4.69, 9.17) is 4.74 Å². The lowest BCUT2D eigenvalue weighted by Crippen LogP contribution is -2.32. The zero-order valence-electron chi connectivity index (χ0n) is 15.7. The molecule has 1 amide bonds. The maximum atomic E-state index is 12.5. The number of hydrogen-bond donors (Lipinski definition) is 1. The molecule has 3 rings (SSSR count). The molecule has 0 unspecified atom stereocenters. The SMILES string of the molecule is CC[C@@H](Oc1ccc(C)cc1)C(=O)Nc1ccc(Cc2ccncc2)cc1. The van der Waals surface area contributed by atoms with Gasteiger partial charge >= 0.3 is 0 Å². The van der Waals surface area contributed by atoms with Crippen LogP contribution in [0.1, 0.15) is 30.0 Å². The number of amides is 1. The molecule has 2 aromatic carbocycles. The lowest BCUT2D eigenvalue weighted by Gasteiger charge is -2.17. The van der Waals surface area contributed by atoms with Gasteiger partial charge in [-0.1, -0.05) is 36.8 Å². The van der Waals surface area contributed by atoms with Crippen molar-refractivity contribution in [2.45, 2.75) is 32.8 Å². The van der Waals surface area contributed by atoms with Gasteiger partial charge in [0.1, 0.15) is 5.75 Å². The highest BCUT2D eigenvalue weighted by molar-refractivity contribution is 5.94. The number of pyridine rings is 1. The average molecular weight is 360 g/mol. The predicted molar refractivity (Wildman–Crippen MR) is 108 cm³/mol. The van der Waals surface area contributed by atoms with E-state index in [0.29, 0.717) is 12.2 Å². The summed E-state index contributed by atoms with van der Waals surface area (Å²) in [7, 11) is 0. The van der Waals surface area contributed by atoms with Gasteiger partial charge in [-0.2, -0.15) is 0 Å². The molecule has 1 atom stereocenters. The van der Waals surface area contributed by atoms with Crippen LogP contribution in [0.5, 0.6) is 5.75 Å². The summed E-state index contributed by atoms with van der Waals surface area (Å²) in [6, 6.07) is 19.6. The zero-order chi connectivity index (χ0) is 19.1. The van der Waals surface area contributed by atoms with Crippen LogP contribution in [0.2, 0.25) is 0 Å². The van der Waals surface area contributed by atoms with Crippen molar-refractivity contribution in [2.75, 3.05) is 5.32 Å². The monoisotopic (exact) mass is 360 g/mol. The van der Waals surface area contributed by atoms with Gasteiger partial charge in [-0.05, 0) is 67.3 Å². The minimum atomic E-state index is -0.524. The number of aromatic nitrogens is 1. The highest BCUT2D eigenvalue weighted by atomic mass is 16.5. The Hall–Kier alpha value is -3.14. The highest BCUT2D eigenvalue weighted by Gasteiger charge is 2.18. The Kier molecular flexibility index (Phi) is 6.21. The molecular formula is C23H24N2O2. The summed E-state index contributed by atoms with van der Waals surface area (Å²) in [5, 5.41) is 2.94. The predicted octanol–water partition coefficient (Wildman–Crippen LogP) is 4.78. The Bertz CT molecular complexity index is 859. The second-order valence-electron chi connectivity index (χ2n) is 6.55. The number of nitrogens with zero attached hydrogens (tertiary/aromatic N) is 1. The fraction of sp³-hybridized carbons (Fsp3) is 0.217. The minimum absolute atomic E-state index is 0.139. The number of nitrogens with one attached hydrogen (secondary N) is 1. The largest absolute Gasteiger partial charge is 0.481 e. The van der Waals surface area contributed by atoms with Crippen molar-refractivity contribution in [3.05, 3.63) is 89.7 Å². The molecule has 0 aliphatic heterocycles. The van der Waals surface area contributed by atoms with Crippen LogP contribution >= 0.6 is 0 Å². The summed E-state index contributed by atoms with van der Waals surface area (Å²) in [6.07, 6.45) is 4.50. The van der Waals surface area contributed by atoms with E-state index in [1.54, 1.807) is 12.4 Å².